The van der Waals surface area contributed by atoms with Crippen molar-refractivity contribution >= 4 is 11.9 Å². The number of ether oxygens (including phenoxy) is 1. The number of ketones is 1. The summed E-state index contributed by atoms with van der Waals surface area (Å²) < 4.78 is 5.15. The quantitative estimate of drug-likeness (QED) is 0.564. The molecule has 0 aliphatic rings. The Bertz CT molecular complexity index is 859. The first-order valence-electron chi connectivity index (χ1n) is 7.64. The molecule has 2 aromatic carbocycles. The third-order valence-electron chi connectivity index (χ3n) is 3.73. The van der Waals surface area contributed by atoms with Gasteiger partial charge in [-0.05, 0) is 49.4 Å². The van der Waals surface area contributed by atoms with E-state index in [0.29, 0.717) is 5.56 Å². The molecule has 0 radical (unpaired) electrons. The van der Waals surface area contributed by atoms with Crippen molar-refractivity contribution in [2.75, 3.05) is 7.11 Å². The van der Waals surface area contributed by atoms with E-state index in [0.717, 1.165) is 28.3 Å². The Balaban J connectivity index is 1.73. The van der Waals surface area contributed by atoms with Crippen LogP contribution in [0.5, 0.6) is 5.75 Å². The van der Waals surface area contributed by atoms with Crippen LogP contribution in [-0.4, -0.2) is 23.1 Å². The van der Waals surface area contributed by atoms with Crippen LogP contribution in [0.25, 0.3) is 17.3 Å². The van der Waals surface area contributed by atoms with Crippen molar-refractivity contribution in [1.82, 2.24) is 10.2 Å². The number of benzene rings is 2. The van der Waals surface area contributed by atoms with Crippen molar-refractivity contribution in [1.29, 1.82) is 0 Å². The van der Waals surface area contributed by atoms with E-state index in [1.54, 1.807) is 19.3 Å². The largest absolute Gasteiger partial charge is 0.497 e. The van der Waals surface area contributed by atoms with Gasteiger partial charge in [0.25, 0.3) is 0 Å². The smallest absolute Gasteiger partial charge is 0.185 e. The number of rotatable bonds is 5. The maximum absolute atomic E-state index is 12.1. The SMILES string of the molecule is COc1ccc(-c2cc(/C=C/C(=O)c3ccc(C)cc3)[nH]n2)cc1. The Labute approximate surface area is 140 Å². The highest BCUT2D eigenvalue weighted by molar-refractivity contribution is 6.06. The van der Waals surface area contributed by atoms with Gasteiger partial charge in [-0.1, -0.05) is 29.8 Å². The topological polar surface area (TPSA) is 55.0 Å². The predicted molar refractivity (Wildman–Crippen MR) is 95.1 cm³/mol. The number of allylic oxidation sites excluding steroid dienone is 1. The summed E-state index contributed by atoms with van der Waals surface area (Å²) in [6.07, 6.45) is 3.29. The molecule has 4 heteroatoms. The molecule has 0 aliphatic carbocycles. The van der Waals surface area contributed by atoms with Gasteiger partial charge in [0.1, 0.15) is 5.75 Å². The molecule has 0 fully saturated rings. The van der Waals surface area contributed by atoms with Gasteiger partial charge in [0.2, 0.25) is 0 Å². The van der Waals surface area contributed by atoms with Crippen LogP contribution in [0.15, 0.2) is 60.7 Å². The fourth-order valence-corrected chi connectivity index (χ4v) is 2.31. The molecule has 1 N–H and O–H groups in total. The van der Waals surface area contributed by atoms with Gasteiger partial charge in [-0.3, -0.25) is 9.89 Å². The van der Waals surface area contributed by atoms with Crippen molar-refractivity contribution in [3.05, 3.63) is 77.5 Å². The predicted octanol–water partition coefficient (Wildman–Crippen LogP) is 4.29. The first-order chi connectivity index (χ1) is 11.7. The van der Waals surface area contributed by atoms with E-state index in [-0.39, 0.29) is 5.78 Å². The number of nitrogens with zero attached hydrogens (tertiary/aromatic N) is 1. The molecule has 0 atom stereocenters. The third-order valence-corrected chi connectivity index (χ3v) is 3.73. The van der Waals surface area contributed by atoms with Crippen LogP contribution in [-0.2, 0) is 0 Å². The molecule has 3 rings (SSSR count). The second kappa shape index (κ2) is 6.96. The van der Waals surface area contributed by atoms with E-state index < -0.39 is 0 Å². The van der Waals surface area contributed by atoms with Crippen LogP contribution in [0.1, 0.15) is 21.6 Å². The van der Waals surface area contributed by atoms with Crippen molar-refractivity contribution in [2.45, 2.75) is 6.92 Å². The minimum absolute atomic E-state index is 0.0319. The van der Waals surface area contributed by atoms with Gasteiger partial charge in [0.05, 0.1) is 18.5 Å². The van der Waals surface area contributed by atoms with Crippen LogP contribution in [0, 0.1) is 6.92 Å². The number of nitrogens with one attached hydrogen (secondary N) is 1. The van der Waals surface area contributed by atoms with Gasteiger partial charge >= 0.3 is 0 Å². The van der Waals surface area contributed by atoms with Gasteiger partial charge in [-0.25, -0.2) is 0 Å². The summed E-state index contributed by atoms with van der Waals surface area (Å²) in [5.41, 5.74) is 4.39. The van der Waals surface area contributed by atoms with Gasteiger partial charge in [0.15, 0.2) is 5.78 Å². The van der Waals surface area contributed by atoms with Gasteiger partial charge in [-0.2, -0.15) is 5.10 Å². The highest BCUT2D eigenvalue weighted by atomic mass is 16.5. The molecule has 1 heterocycles. The van der Waals surface area contributed by atoms with Gasteiger partial charge in [-0.15, -0.1) is 0 Å². The standard InChI is InChI=1S/C20H18N2O2/c1-14-3-5-16(6-4-14)20(23)12-9-17-13-19(22-21-17)15-7-10-18(24-2)11-8-15/h3-13H,1-2H3,(H,21,22)/b12-9+. The second-order valence-corrected chi connectivity index (χ2v) is 5.50. The summed E-state index contributed by atoms with van der Waals surface area (Å²) in [4.78, 5) is 12.1. The molecule has 0 saturated heterocycles. The maximum Gasteiger partial charge on any atom is 0.185 e. The van der Waals surface area contributed by atoms with Crippen molar-refractivity contribution in [2.24, 2.45) is 0 Å². The zero-order valence-electron chi connectivity index (χ0n) is 13.6. The van der Waals surface area contributed by atoms with Gasteiger partial charge in [0, 0.05) is 11.1 Å². The van der Waals surface area contributed by atoms with E-state index in [1.165, 1.54) is 0 Å². The minimum Gasteiger partial charge on any atom is -0.497 e. The highest BCUT2D eigenvalue weighted by Gasteiger charge is 2.04. The molecular formula is C20H18N2O2. The molecule has 0 bridgehead atoms. The zero-order valence-corrected chi connectivity index (χ0v) is 13.6. The summed E-state index contributed by atoms with van der Waals surface area (Å²) in [5, 5.41) is 7.20. The number of H-pyrrole nitrogens is 1. The Hall–Kier alpha value is -3.14. The lowest BCUT2D eigenvalue weighted by molar-refractivity contribution is 0.104. The van der Waals surface area contributed by atoms with Crippen LogP contribution < -0.4 is 4.74 Å². The first kappa shape index (κ1) is 15.7. The minimum atomic E-state index is -0.0319. The molecule has 1 aromatic heterocycles. The molecule has 24 heavy (non-hydrogen) atoms. The first-order valence-corrected chi connectivity index (χ1v) is 7.64. The lowest BCUT2D eigenvalue weighted by Crippen LogP contribution is -1.93. The Kier molecular flexibility index (Phi) is 4.57. The van der Waals surface area contributed by atoms with Crippen LogP contribution >= 0.6 is 0 Å². The van der Waals surface area contributed by atoms with E-state index >= 15 is 0 Å². The van der Waals surface area contributed by atoms with E-state index in [1.807, 2.05) is 61.5 Å². The summed E-state index contributed by atoms with van der Waals surface area (Å²) in [6.45, 7) is 2.00. The number of aromatic nitrogens is 2. The number of aromatic amines is 1. The highest BCUT2D eigenvalue weighted by Crippen LogP contribution is 2.21. The molecule has 0 unspecified atom stereocenters. The van der Waals surface area contributed by atoms with Crippen LogP contribution in [0.2, 0.25) is 0 Å². The summed E-state index contributed by atoms with van der Waals surface area (Å²) >= 11 is 0. The van der Waals surface area contributed by atoms with Crippen LogP contribution in [0.4, 0.5) is 0 Å². The molecule has 4 nitrogen and oxygen atoms in total. The average Bonchev–Trinajstić information content (AvgIpc) is 3.09. The monoisotopic (exact) mass is 318 g/mol. The zero-order chi connectivity index (χ0) is 16.9. The third kappa shape index (κ3) is 3.60. The Morgan fingerprint density at radius 2 is 1.79 bits per heavy atom. The lowest BCUT2D eigenvalue weighted by Gasteiger charge is -1.99. The average molecular weight is 318 g/mol. The molecular weight excluding hydrogens is 300 g/mol. The number of hydrogen-bond donors (Lipinski definition) is 1. The van der Waals surface area contributed by atoms with Crippen molar-refractivity contribution < 1.29 is 9.53 Å². The molecule has 0 amide bonds. The molecule has 0 saturated carbocycles. The molecule has 3 aromatic rings. The van der Waals surface area contributed by atoms with Crippen LogP contribution in [0.3, 0.4) is 0 Å². The lowest BCUT2D eigenvalue weighted by atomic mass is 10.1. The number of hydrogen-bond acceptors (Lipinski definition) is 3. The van der Waals surface area contributed by atoms with E-state index in [9.17, 15) is 4.79 Å². The number of carbonyl (C=O) groups excluding carboxylic acids is 1. The summed E-state index contributed by atoms with van der Waals surface area (Å²) in [6, 6.07) is 17.1. The van der Waals surface area contributed by atoms with Crippen molar-refractivity contribution in [3.63, 3.8) is 0 Å². The fourth-order valence-electron chi connectivity index (χ4n) is 2.31. The number of carbonyl (C=O) groups is 1. The van der Waals surface area contributed by atoms with Crippen molar-refractivity contribution in [3.8, 4) is 17.0 Å². The van der Waals surface area contributed by atoms with Gasteiger partial charge < -0.3 is 4.74 Å². The molecule has 0 aliphatic heterocycles. The maximum atomic E-state index is 12.1. The van der Waals surface area contributed by atoms with E-state index in [4.69, 9.17) is 4.74 Å². The summed E-state index contributed by atoms with van der Waals surface area (Å²) in [7, 11) is 1.64. The number of aryl methyl sites for hydroxylation is 1. The Morgan fingerprint density at radius 1 is 1.08 bits per heavy atom. The molecule has 120 valence electrons. The molecule has 0 spiro atoms. The Morgan fingerprint density at radius 3 is 2.46 bits per heavy atom. The normalized spacial score (nSPS) is 10.9. The second-order valence-electron chi connectivity index (χ2n) is 5.50. The fraction of sp³-hybridized carbons (Fsp3) is 0.100. The van der Waals surface area contributed by atoms with E-state index in [2.05, 4.69) is 10.2 Å². The number of methoxy groups -OCH3 is 1. The summed E-state index contributed by atoms with van der Waals surface area (Å²) in [5.74, 6) is 0.772.